The Morgan fingerprint density at radius 3 is 2.70 bits per heavy atom. The van der Waals surface area contributed by atoms with Crippen molar-refractivity contribution in [2.24, 2.45) is 0 Å². The number of halogens is 2. The van der Waals surface area contributed by atoms with Gasteiger partial charge < -0.3 is 8.97 Å². The van der Waals surface area contributed by atoms with Crippen LogP contribution in [0.4, 0.5) is 8.78 Å². The Morgan fingerprint density at radius 2 is 2.00 bits per heavy atom. The maximum absolute atomic E-state index is 13.4. The minimum atomic E-state index is -2.44. The fraction of sp³-hybridized carbons (Fsp3) is 0.227. The van der Waals surface area contributed by atoms with Crippen molar-refractivity contribution in [3.05, 3.63) is 66.0 Å². The van der Waals surface area contributed by atoms with Crippen LogP contribution in [0.25, 0.3) is 34.0 Å². The summed E-state index contributed by atoms with van der Waals surface area (Å²) in [6, 6.07) is 11.9. The molecule has 0 fully saturated rings. The first-order chi connectivity index (χ1) is 13.0. The number of nitrogens with zero attached hydrogens (tertiary/aromatic N) is 3. The van der Waals surface area contributed by atoms with Crippen molar-refractivity contribution < 1.29 is 8.78 Å². The molecule has 0 amide bonds. The van der Waals surface area contributed by atoms with Crippen LogP contribution in [-0.4, -0.2) is 20.4 Å². The summed E-state index contributed by atoms with van der Waals surface area (Å²) < 4.78 is 30.4. The van der Waals surface area contributed by atoms with Crippen LogP contribution in [0.5, 0.6) is 0 Å². The summed E-state index contributed by atoms with van der Waals surface area (Å²) in [6.45, 7) is 7.47. The maximum Gasteiger partial charge on any atom is 0.256 e. The van der Waals surface area contributed by atoms with Crippen molar-refractivity contribution in [2.45, 2.75) is 33.2 Å². The average Bonchev–Trinajstić information content (AvgIpc) is 3.18. The van der Waals surface area contributed by atoms with Gasteiger partial charge in [0.2, 0.25) is 0 Å². The monoisotopic (exact) mass is 365 g/mol. The zero-order valence-corrected chi connectivity index (χ0v) is 15.4. The zero-order chi connectivity index (χ0) is 19.1. The molecule has 0 aliphatic heterocycles. The molecule has 0 aliphatic rings. The molecule has 3 heterocycles. The number of benzene rings is 1. The van der Waals surface area contributed by atoms with Crippen LogP contribution in [0, 0.1) is 6.92 Å². The van der Waals surface area contributed by atoms with E-state index in [0.717, 1.165) is 51.2 Å². The topological polar surface area (TPSA) is 22.2 Å². The van der Waals surface area contributed by atoms with Crippen LogP contribution in [0.3, 0.4) is 0 Å². The first-order valence-electron chi connectivity index (χ1n) is 9.03. The molecule has 0 unspecified atom stereocenters. The minimum absolute atomic E-state index is 0.350. The molecular formula is C22H21F2N3. The van der Waals surface area contributed by atoms with E-state index in [4.69, 9.17) is 4.98 Å². The Hall–Kier alpha value is -2.95. The number of imidazole rings is 1. The van der Waals surface area contributed by atoms with Gasteiger partial charge in [-0.25, -0.2) is 13.8 Å². The first-order valence-corrected chi connectivity index (χ1v) is 9.03. The van der Waals surface area contributed by atoms with Crippen LogP contribution in [0.2, 0.25) is 0 Å². The normalized spacial score (nSPS) is 11.7. The molecule has 27 heavy (non-hydrogen) atoms. The number of rotatable bonds is 5. The van der Waals surface area contributed by atoms with Gasteiger partial charge >= 0.3 is 0 Å². The highest BCUT2D eigenvalue weighted by atomic mass is 19.3. The quantitative estimate of drug-likeness (QED) is 0.442. The van der Waals surface area contributed by atoms with Crippen molar-refractivity contribution >= 4 is 22.6 Å². The largest absolute Gasteiger partial charge is 0.333 e. The van der Waals surface area contributed by atoms with Crippen molar-refractivity contribution in [3.63, 3.8) is 0 Å². The van der Waals surface area contributed by atoms with Crippen molar-refractivity contribution in [1.29, 1.82) is 0 Å². The molecule has 1 aromatic carbocycles. The Kier molecular flexibility index (Phi) is 4.30. The third kappa shape index (κ3) is 2.93. The molecule has 4 rings (SSSR count). The Balaban J connectivity index is 1.98. The van der Waals surface area contributed by atoms with Gasteiger partial charge in [0.25, 0.3) is 6.43 Å². The molecule has 3 aromatic heterocycles. The van der Waals surface area contributed by atoms with Crippen molar-refractivity contribution in [2.75, 3.05) is 0 Å². The fourth-order valence-electron chi connectivity index (χ4n) is 3.60. The minimum Gasteiger partial charge on any atom is -0.333 e. The lowest BCUT2D eigenvalue weighted by molar-refractivity contribution is 0.128. The highest BCUT2D eigenvalue weighted by Crippen LogP contribution is 2.32. The number of pyridine rings is 1. The molecular weight excluding hydrogens is 344 g/mol. The molecule has 0 bridgehead atoms. The van der Waals surface area contributed by atoms with Gasteiger partial charge in [-0.05, 0) is 48.7 Å². The number of aryl methyl sites for hydroxylation is 2. The van der Waals surface area contributed by atoms with Gasteiger partial charge in [0.05, 0.1) is 12.2 Å². The molecule has 0 spiro atoms. The van der Waals surface area contributed by atoms with Gasteiger partial charge in [-0.15, -0.1) is 0 Å². The Labute approximate surface area is 156 Å². The van der Waals surface area contributed by atoms with Crippen LogP contribution < -0.4 is 0 Å². The number of aromatic nitrogens is 3. The highest BCUT2D eigenvalue weighted by molar-refractivity contribution is 5.87. The average molecular weight is 365 g/mol. The molecule has 3 nitrogen and oxygen atoms in total. The molecule has 5 heteroatoms. The zero-order valence-electron chi connectivity index (χ0n) is 15.4. The van der Waals surface area contributed by atoms with Crippen LogP contribution in [0.15, 0.2) is 49.2 Å². The third-order valence-electron chi connectivity index (χ3n) is 5.06. The molecule has 0 saturated heterocycles. The van der Waals surface area contributed by atoms with E-state index < -0.39 is 6.43 Å². The second kappa shape index (κ2) is 6.65. The molecule has 0 atom stereocenters. The van der Waals surface area contributed by atoms with Crippen LogP contribution in [0.1, 0.15) is 23.7 Å². The van der Waals surface area contributed by atoms with Gasteiger partial charge in [-0.2, -0.15) is 0 Å². The van der Waals surface area contributed by atoms with E-state index in [-0.39, 0.29) is 6.54 Å². The van der Waals surface area contributed by atoms with Crippen molar-refractivity contribution in [1.82, 2.24) is 14.0 Å². The predicted molar refractivity (Wildman–Crippen MR) is 106 cm³/mol. The van der Waals surface area contributed by atoms with Crippen LogP contribution >= 0.6 is 0 Å². The Bertz CT molecular complexity index is 1150. The summed E-state index contributed by atoms with van der Waals surface area (Å²) in [5, 5.41) is 0.950. The van der Waals surface area contributed by atoms with Crippen LogP contribution in [-0.2, 0) is 13.0 Å². The summed E-state index contributed by atoms with van der Waals surface area (Å²) >= 11 is 0. The molecule has 0 aliphatic carbocycles. The van der Waals surface area contributed by atoms with E-state index in [9.17, 15) is 8.78 Å². The fourth-order valence-corrected chi connectivity index (χ4v) is 3.60. The lowest BCUT2D eigenvalue weighted by Crippen LogP contribution is -2.08. The molecule has 0 N–H and O–H groups in total. The van der Waals surface area contributed by atoms with Gasteiger partial charge in [0.1, 0.15) is 11.3 Å². The number of hydrogen-bond donors (Lipinski definition) is 0. The van der Waals surface area contributed by atoms with Crippen molar-refractivity contribution in [3.8, 4) is 11.4 Å². The SMILES string of the molecule is C=Cc1ccn2c(C)c(-c3cc4ccc(CC)cc4n3CC(F)F)nc2c1. The first kappa shape index (κ1) is 17.5. The van der Waals surface area contributed by atoms with Gasteiger partial charge in [-0.3, -0.25) is 0 Å². The van der Waals surface area contributed by atoms with Gasteiger partial charge in [0.15, 0.2) is 0 Å². The molecule has 4 aromatic rings. The Morgan fingerprint density at radius 1 is 1.19 bits per heavy atom. The standard InChI is InChI=1S/C22H21F2N3/c1-4-15-6-7-17-12-19(27(13-20(23)24)18(17)10-15)22-14(3)26-9-8-16(5-2)11-21(26)25-22/h5-12,20H,2,4,13H2,1,3H3. The highest BCUT2D eigenvalue weighted by Gasteiger charge is 2.19. The van der Waals surface area contributed by atoms with Gasteiger partial charge in [-0.1, -0.05) is 31.7 Å². The number of fused-ring (bicyclic) bond motifs is 2. The number of hydrogen-bond acceptors (Lipinski definition) is 1. The molecule has 0 saturated carbocycles. The van der Waals surface area contributed by atoms with E-state index in [1.807, 2.05) is 53.9 Å². The summed E-state index contributed by atoms with van der Waals surface area (Å²) in [4.78, 5) is 4.75. The summed E-state index contributed by atoms with van der Waals surface area (Å²) in [7, 11) is 0. The summed E-state index contributed by atoms with van der Waals surface area (Å²) in [6.07, 6.45) is 2.13. The summed E-state index contributed by atoms with van der Waals surface area (Å²) in [5.41, 5.74) is 6.08. The molecule has 138 valence electrons. The van der Waals surface area contributed by atoms with E-state index in [2.05, 4.69) is 13.5 Å². The maximum atomic E-state index is 13.4. The summed E-state index contributed by atoms with van der Waals surface area (Å²) in [5.74, 6) is 0. The second-order valence-corrected chi connectivity index (χ2v) is 6.72. The van der Waals surface area contributed by atoms with E-state index in [1.54, 1.807) is 10.6 Å². The van der Waals surface area contributed by atoms with E-state index >= 15 is 0 Å². The smallest absolute Gasteiger partial charge is 0.256 e. The van der Waals surface area contributed by atoms with E-state index in [0.29, 0.717) is 0 Å². The lowest BCUT2D eigenvalue weighted by atomic mass is 10.1. The van der Waals surface area contributed by atoms with Gasteiger partial charge in [0, 0.05) is 22.8 Å². The van der Waals surface area contributed by atoms with E-state index in [1.165, 1.54) is 0 Å². The lowest BCUT2D eigenvalue weighted by Gasteiger charge is -2.10. The third-order valence-corrected chi connectivity index (χ3v) is 5.06. The number of alkyl halides is 2. The predicted octanol–water partition coefficient (Wildman–Crippen LogP) is 5.73. The second-order valence-electron chi connectivity index (χ2n) is 6.72. The molecule has 0 radical (unpaired) electrons.